The number of hydrogen-bond acceptors (Lipinski definition) is 3. The zero-order valence-electron chi connectivity index (χ0n) is 13.9. The molecule has 2 unspecified atom stereocenters. The summed E-state index contributed by atoms with van der Waals surface area (Å²) in [6.45, 7) is 1.64. The molecule has 0 spiro atoms. The van der Waals surface area contributed by atoms with Crippen LogP contribution in [0.5, 0.6) is 5.75 Å². The Bertz CT molecular complexity index is 537. The van der Waals surface area contributed by atoms with Gasteiger partial charge in [-0.15, -0.1) is 0 Å². The first-order valence-electron chi connectivity index (χ1n) is 8.77. The summed E-state index contributed by atoms with van der Waals surface area (Å²) in [6.07, 6.45) is 5.26. The van der Waals surface area contributed by atoms with Crippen molar-refractivity contribution in [1.29, 1.82) is 0 Å². The molecule has 126 valence electrons. The van der Waals surface area contributed by atoms with Gasteiger partial charge in [0.05, 0.1) is 19.1 Å². The SMILES string of the molecule is COc1ccccc1CC1CCN(C(=O)C2CCCC2O)CC1. The summed E-state index contributed by atoms with van der Waals surface area (Å²) in [5.74, 6) is 1.58. The van der Waals surface area contributed by atoms with Crippen LogP contribution in [0.25, 0.3) is 0 Å². The highest BCUT2D eigenvalue weighted by Gasteiger charge is 2.35. The first-order valence-corrected chi connectivity index (χ1v) is 8.77. The van der Waals surface area contributed by atoms with E-state index in [0.717, 1.165) is 57.4 Å². The number of likely N-dealkylation sites (tertiary alicyclic amines) is 1. The molecule has 4 heteroatoms. The Morgan fingerprint density at radius 1 is 1.22 bits per heavy atom. The second-order valence-corrected chi connectivity index (χ2v) is 6.89. The van der Waals surface area contributed by atoms with Crippen molar-refractivity contribution in [2.75, 3.05) is 20.2 Å². The van der Waals surface area contributed by atoms with Gasteiger partial charge in [-0.25, -0.2) is 0 Å². The number of nitrogens with zero attached hydrogens (tertiary/aromatic N) is 1. The molecule has 1 N–H and O–H groups in total. The van der Waals surface area contributed by atoms with Crippen molar-refractivity contribution in [2.45, 2.75) is 44.6 Å². The van der Waals surface area contributed by atoms with Gasteiger partial charge in [-0.3, -0.25) is 4.79 Å². The van der Waals surface area contributed by atoms with E-state index in [2.05, 4.69) is 12.1 Å². The molecule has 0 radical (unpaired) electrons. The standard InChI is InChI=1S/C19H27NO3/c1-23-18-8-3-2-5-15(18)13-14-9-11-20(12-10-14)19(22)16-6-4-7-17(16)21/h2-3,5,8,14,16-17,21H,4,6-7,9-13H2,1H3. The smallest absolute Gasteiger partial charge is 0.228 e. The molecule has 2 atom stereocenters. The van der Waals surface area contributed by atoms with Crippen LogP contribution in [-0.4, -0.2) is 42.2 Å². The summed E-state index contributed by atoms with van der Waals surface area (Å²) in [5, 5.41) is 9.93. The van der Waals surface area contributed by atoms with Crippen LogP contribution >= 0.6 is 0 Å². The summed E-state index contributed by atoms with van der Waals surface area (Å²) in [5.41, 5.74) is 1.26. The van der Waals surface area contributed by atoms with Gasteiger partial charge in [0.25, 0.3) is 0 Å². The first-order chi connectivity index (χ1) is 11.2. The largest absolute Gasteiger partial charge is 0.496 e. The monoisotopic (exact) mass is 317 g/mol. The number of hydrogen-bond donors (Lipinski definition) is 1. The average Bonchev–Trinajstić information content (AvgIpc) is 3.01. The molecule has 3 rings (SSSR count). The second-order valence-electron chi connectivity index (χ2n) is 6.89. The molecule has 1 aromatic carbocycles. The van der Waals surface area contributed by atoms with Crippen LogP contribution in [0.3, 0.4) is 0 Å². The maximum Gasteiger partial charge on any atom is 0.228 e. The lowest BCUT2D eigenvalue weighted by Gasteiger charge is -2.34. The van der Waals surface area contributed by atoms with Gasteiger partial charge in [-0.2, -0.15) is 0 Å². The van der Waals surface area contributed by atoms with Crippen LogP contribution in [0, 0.1) is 11.8 Å². The zero-order chi connectivity index (χ0) is 16.2. The number of carbonyl (C=O) groups is 1. The molecule has 1 aliphatic heterocycles. The normalized spacial score (nSPS) is 25.6. The minimum atomic E-state index is -0.422. The number of aliphatic hydroxyl groups excluding tert-OH is 1. The fraction of sp³-hybridized carbons (Fsp3) is 0.632. The summed E-state index contributed by atoms with van der Waals surface area (Å²) in [4.78, 5) is 14.5. The molecule has 1 saturated carbocycles. The predicted octanol–water partition coefficient (Wildman–Crippen LogP) is 2.64. The molecule has 1 amide bonds. The minimum Gasteiger partial charge on any atom is -0.496 e. The Kier molecular flexibility index (Phi) is 5.21. The van der Waals surface area contributed by atoms with Gasteiger partial charge < -0.3 is 14.7 Å². The van der Waals surface area contributed by atoms with E-state index in [4.69, 9.17) is 4.74 Å². The van der Waals surface area contributed by atoms with Crippen LogP contribution in [0.2, 0.25) is 0 Å². The van der Waals surface area contributed by atoms with E-state index in [1.807, 2.05) is 17.0 Å². The lowest BCUT2D eigenvalue weighted by molar-refractivity contribution is -0.139. The Balaban J connectivity index is 1.53. The average molecular weight is 317 g/mol. The third kappa shape index (κ3) is 3.69. The van der Waals surface area contributed by atoms with Gasteiger partial charge in [0.2, 0.25) is 5.91 Å². The molecule has 4 nitrogen and oxygen atoms in total. The number of aliphatic hydroxyl groups is 1. The molecular weight excluding hydrogens is 290 g/mol. The van der Waals surface area contributed by atoms with Crippen LogP contribution in [0.15, 0.2) is 24.3 Å². The van der Waals surface area contributed by atoms with E-state index in [1.54, 1.807) is 7.11 Å². The second kappa shape index (κ2) is 7.35. The number of methoxy groups -OCH3 is 1. The Morgan fingerprint density at radius 2 is 1.96 bits per heavy atom. The highest BCUT2D eigenvalue weighted by molar-refractivity contribution is 5.79. The summed E-state index contributed by atoms with van der Waals surface area (Å²) >= 11 is 0. The number of benzene rings is 1. The number of para-hydroxylation sites is 1. The van der Waals surface area contributed by atoms with E-state index in [9.17, 15) is 9.90 Å². The molecule has 1 aromatic rings. The third-order valence-corrected chi connectivity index (χ3v) is 5.42. The number of rotatable bonds is 4. The van der Waals surface area contributed by atoms with Crippen molar-refractivity contribution >= 4 is 5.91 Å². The van der Waals surface area contributed by atoms with Crippen molar-refractivity contribution in [2.24, 2.45) is 11.8 Å². The molecule has 1 heterocycles. The fourth-order valence-corrected chi connectivity index (χ4v) is 4.00. The predicted molar refractivity (Wildman–Crippen MR) is 89.3 cm³/mol. The van der Waals surface area contributed by atoms with Gasteiger partial charge in [0.1, 0.15) is 5.75 Å². The van der Waals surface area contributed by atoms with E-state index in [-0.39, 0.29) is 11.8 Å². The van der Waals surface area contributed by atoms with E-state index in [0.29, 0.717) is 5.92 Å². The van der Waals surface area contributed by atoms with Gasteiger partial charge in [-0.05, 0) is 56.1 Å². The first kappa shape index (κ1) is 16.3. The zero-order valence-corrected chi connectivity index (χ0v) is 13.9. The number of amides is 1. The highest BCUT2D eigenvalue weighted by Crippen LogP contribution is 2.30. The molecule has 1 aliphatic carbocycles. The van der Waals surface area contributed by atoms with Gasteiger partial charge >= 0.3 is 0 Å². The summed E-state index contributed by atoms with van der Waals surface area (Å²) < 4.78 is 5.43. The Labute approximate surface area is 138 Å². The fourth-order valence-electron chi connectivity index (χ4n) is 4.00. The third-order valence-electron chi connectivity index (χ3n) is 5.42. The van der Waals surface area contributed by atoms with Crippen LogP contribution in [-0.2, 0) is 11.2 Å². The lowest BCUT2D eigenvalue weighted by Crippen LogP contribution is -2.43. The van der Waals surface area contributed by atoms with Gasteiger partial charge in [0.15, 0.2) is 0 Å². The topological polar surface area (TPSA) is 49.8 Å². The van der Waals surface area contributed by atoms with E-state index >= 15 is 0 Å². The molecule has 0 bridgehead atoms. The van der Waals surface area contributed by atoms with Gasteiger partial charge in [-0.1, -0.05) is 18.2 Å². The maximum absolute atomic E-state index is 12.5. The van der Waals surface area contributed by atoms with E-state index < -0.39 is 6.10 Å². The van der Waals surface area contributed by atoms with Crippen LogP contribution < -0.4 is 4.74 Å². The van der Waals surface area contributed by atoms with Crippen molar-refractivity contribution < 1.29 is 14.6 Å². The molecule has 2 fully saturated rings. The quantitative estimate of drug-likeness (QED) is 0.929. The summed E-state index contributed by atoms with van der Waals surface area (Å²) in [7, 11) is 1.72. The Morgan fingerprint density at radius 3 is 2.61 bits per heavy atom. The summed E-state index contributed by atoms with van der Waals surface area (Å²) in [6, 6.07) is 8.19. The molecule has 0 aromatic heterocycles. The van der Waals surface area contributed by atoms with Crippen molar-refractivity contribution in [3.63, 3.8) is 0 Å². The molecule has 2 aliphatic rings. The van der Waals surface area contributed by atoms with E-state index in [1.165, 1.54) is 5.56 Å². The lowest BCUT2D eigenvalue weighted by atomic mass is 9.89. The number of piperidine rings is 1. The van der Waals surface area contributed by atoms with Crippen LogP contribution in [0.4, 0.5) is 0 Å². The number of carbonyl (C=O) groups excluding carboxylic acids is 1. The molecule has 23 heavy (non-hydrogen) atoms. The maximum atomic E-state index is 12.5. The Hall–Kier alpha value is -1.55. The van der Waals surface area contributed by atoms with Crippen LogP contribution in [0.1, 0.15) is 37.7 Å². The molecular formula is C19H27NO3. The van der Waals surface area contributed by atoms with Crippen molar-refractivity contribution in [3.8, 4) is 5.75 Å². The highest BCUT2D eigenvalue weighted by atomic mass is 16.5. The van der Waals surface area contributed by atoms with Crippen molar-refractivity contribution in [1.82, 2.24) is 4.90 Å². The molecule has 1 saturated heterocycles. The number of ether oxygens (including phenoxy) is 1. The van der Waals surface area contributed by atoms with Gasteiger partial charge in [0, 0.05) is 13.1 Å². The van der Waals surface area contributed by atoms with Crippen molar-refractivity contribution in [3.05, 3.63) is 29.8 Å². The minimum absolute atomic E-state index is 0.152.